The molecule has 3 rings (SSSR count). The molecule has 1 atom stereocenters. The minimum Gasteiger partial charge on any atom is -0.354 e. The number of amides is 1. The summed E-state index contributed by atoms with van der Waals surface area (Å²) in [7, 11) is -1.39. The zero-order valence-electron chi connectivity index (χ0n) is 15.9. The van der Waals surface area contributed by atoms with Crippen LogP contribution in [0.4, 0.5) is 11.4 Å². The van der Waals surface area contributed by atoms with Gasteiger partial charge in [0.2, 0.25) is 0 Å². The Hall–Kier alpha value is -2.41. The molecule has 0 spiro atoms. The number of nitrogens with zero attached hydrogens (tertiary/aromatic N) is 2. The van der Waals surface area contributed by atoms with Crippen molar-refractivity contribution in [2.45, 2.75) is 32.7 Å². The van der Waals surface area contributed by atoms with Crippen LogP contribution in [0.5, 0.6) is 0 Å². The molecule has 1 amide bonds. The smallest absolute Gasteiger partial charge is 0.272 e. The van der Waals surface area contributed by atoms with Gasteiger partial charge >= 0.3 is 0 Å². The van der Waals surface area contributed by atoms with E-state index in [1.165, 1.54) is 10.5 Å². The number of hydrogen-bond donors (Lipinski definition) is 1. The number of para-hydroxylation sites is 1. The van der Waals surface area contributed by atoms with Crippen molar-refractivity contribution in [1.82, 2.24) is 9.88 Å². The molecule has 1 aromatic carbocycles. The summed E-state index contributed by atoms with van der Waals surface area (Å²) in [5.74, 6) is -0.0854. The highest BCUT2D eigenvalue weighted by Gasteiger charge is 2.33. The summed E-state index contributed by atoms with van der Waals surface area (Å²) < 4.78 is 23.3. The number of anilines is 2. The van der Waals surface area contributed by atoms with Crippen LogP contribution < -0.4 is 5.32 Å². The zero-order valence-corrected chi connectivity index (χ0v) is 16.7. The van der Waals surface area contributed by atoms with E-state index in [1.807, 2.05) is 12.1 Å². The summed E-state index contributed by atoms with van der Waals surface area (Å²) in [5.41, 5.74) is 4.55. The Balaban J connectivity index is 1.73. The predicted molar refractivity (Wildman–Crippen MR) is 107 cm³/mol. The summed E-state index contributed by atoms with van der Waals surface area (Å²) in [6.45, 7) is 4.16. The van der Waals surface area contributed by atoms with E-state index < -0.39 is 9.84 Å². The summed E-state index contributed by atoms with van der Waals surface area (Å²) in [6.07, 6.45) is 3.04. The normalized spacial score (nSPS) is 18.3. The van der Waals surface area contributed by atoms with Crippen molar-refractivity contribution in [3.63, 3.8) is 0 Å². The first-order valence-electron chi connectivity index (χ1n) is 9.10. The largest absolute Gasteiger partial charge is 0.354 e. The average Bonchev–Trinajstić information content (AvgIpc) is 3.02. The highest BCUT2D eigenvalue weighted by molar-refractivity contribution is 7.91. The first-order chi connectivity index (χ1) is 12.8. The van der Waals surface area contributed by atoms with Crippen molar-refractivity contribution >= 4 is 27.1 Å². The molecule has 1 saturated heterocycles. The number of rotatable bonds is 5. The fraction of sp³-hybridized carbons (Fsp3) is 0.400. The Morgan fingerprint density at radius 3 is 2.67 bits per heavy atom. The van der Waals surface area contributed by atoms with Crippen LogP contribution in [0.25, 0.3) is 0 Å². The molecular formula is C20H25N3O3S. The fourth-order valence-corrected chi connectivity index (χ4v) is 5.14. The van der Waals surface area contributed by atoms with Crippen LogP contribution >= 0.6 is 0 Å². The highest BCUT2D eigenvalue weighted by Crippen LogP contribution is 2.25. The molecule has 0 bridgehead atoms. The number of aryl methyl sites for hydroxylation is 2. The van der Waals surface area contributed by atoms with E-state index in [-0.39, 0.29) is 23.5 Å². The first kappa shape index (κ1) is 19.4. The molecule has 1 fully saturated rings. The van der Waals surface area contributed by atoms with E-state index in [0.29, 0.717) is 12.1 Å². The van der Waals surface area contributed by atoms with Crippen molar-refractivity contribution in [1.29, 1.82) is 0 Å². The third-order valence-electron chi connectivity index (χ3n) is 5.07. The summed E-state index contributed by atoms with van der Waals surface area (Å²) in [5, 5.41) is 3.39. The number of nitrogens with one attached hydrogen (secondary N) is 1. The van der Waals surface area contributed by atoms with Crippen LogP contribution in [0.2, 0.25) is 0 Å². The number of benzene rings is 1. The quantitative estimate of drug-likeness (QED) is 0.853. The molecule has 2 aromatic rings. The molecule has 0 saturated carbocycles. The molecule has 144 valence electrons. The molecule has 0 aliphatic carbocycles. The maximum absolute atomic E-state index is 12.6. The van der Waals surface area contributed by atoms with E-state index in [0.717, 1.165) is 23.4 Å². The van der Waals surface area contributed by atoms with Crippen molar-refractivity contribution in [3.8, 4) is 0 Å². The van der Waals surface area contributed by atoms with Gasteiger partial charge in [0, 0.05) is 18.8 Å². The van der Waals surface area contributed by atoms with Crippen LogP contribution in [0, 0.1) is 6.92 Å². The van der Waals surface area contributed by atoms with Crippen molar-refractivity contribution in [3.05, 3.63) is 53.3 Å². The maximum atomic E-state index is 12.6. The van der Waals surface area contributed by atoms with Crippen LogP contribution in [-0.2, 0) is 16.3 Å². The molecule has 1 N–H and O–H groups in total. The topological polar surface area (TPSA) is 79.4 Å². The van der Waals surface area contributed by atoms with Gasteiger partial charge in [-0.05, 0) is 43.0 Å². The number of carbonyl (C=O) groups is 1. The summed E-state index contributed by atoms with van der Waals surface area (Å²) in [4.78, 5) is 18.4. The van der Waals surface area contributed by atoms with Crippen LogP contribution in [-0.4, -0.2) is 48.8 Å². The molecule has 0 radical (unpaired) electrons. The Bertz CT molecular complexity index is 939. The minimum absolute atomic E-state index is 0.0297. The molecule has 6 nitrogen and oxygen atoms in total. The molecule has 7 heteroatoms. The Kier molecular flexibility index (Phi) is 5.51. The number of pyridine rings is 1. The number of aromatic nitrogens is 1. The SMILES string of the molecule is CCc1cccc(C)c1Nc1ccc(C(=O)N(C)C2CCS(=O)(=O)C2)nc1. The van der Waals surface area contributed by atoms with Crippen LogP contribution in [0.1, 0.15) is 35.0 Å². The number of hydrogen-bond acceptors (Lipinski definition) is 5. The van der Waals surface area contributed by atoms with Gasteiger partial charge in [-0.25, -0.2) is 13.4 Å². The van der Waals surface area contributed by atoms with Crippen LogP contribution in [0.3, 0.4) is 0 Å². The van der Waals surface area contributed by atoms with Gasteiger partial charge in [-0.15, -0.1) is 0 Å². The summed E-state index contributed by atoms with van der Waals surface area (Å²) >= 11 is 0. The minimum atomic E-state index is -3.03. The highest BCUT2D eigenvalue weighted by atomic mass is 32.2. The molecule has 1 aromatic heterocycles. The third-order valence-corrected chi connectivity index (χ3v) is 6.82. The molecule has 1 aliphatic rings. The molecule has 2 heterocycles. The molecular weight excluding hydrogens is 362 g/mol. The second kappa shape index (κ2) is 7.68. The monoisotopic (exact) mass is 387 g/mol. The van der Waals surface area contributed by atoms with E-state index in [9.17, 15) is 13.2 Å². The van der Waals surface area contributed by atoms with E-state index >= 15 is 0 Å². The Morgan fingerprint density at radius 2 is 2.07 bits per heavy atom. The predicted octanol–water partition coefficient (Wildman–Crippen LogP) is 2.96. The van der Waals surface area contributed by atoms with Crippen molar-refractivity contribution in [2.75, 3.05) is 23.9 Å². The van der Waals surface area contributed by atoms with Gasteiger partial charge in [0.05, 0.1) is 23.4 Å². The van der Waals surface area contributed by atoms with Gasteiger partial charge in [0.25, 0.3) is 5.91 Å². The third kappa shape index (κ3) is 4.30. The van der Waals surface area contributed by atoms with E-state index in [2.05, 4.69) is 36.3 Å². The molecule has 1 aliphatic heterocycles. The Labute approximate surface area is 160 Å². The van der Waals surface area contributed by atoms with Gasteiger partial charge in [0.15, 0.2) is 9.84 Å². The van der Waals surface area contributed by atoms with E-state index in [1.54, 1.807) is 19.3 Å². The van der Waals surface area contributed by atoms with Gasteiger partial charge in [-0.2, -0.15) is 0 Å². The zero-order chi connectivity index (χ0) is 19.6. The lowest BCUT2D eigenvalue weighted by atomic mass is 10.1. The maximum Gasteiger partial charge on any atom is 0.272 e. The standard InChI is InChI=1S/C20H25N3O3S/c1-4-15-7-5-6-14(2)19(15)22-16-8-9-18(21-12-16)20(24)23(3)17-10-11-27(25,26)13-17/h5-9,12,17,22H,4,10-11,13H2,1-3H3. The number of sulfone groups is 1. The first-order valence-corrected chi connectivity index (χ1v) is 10.9. The lowest BCUT2D eigenvalue weighted by Gasteiger charge is -2.23. The lowest BCUT2D eigenvalue weighted by Crippen LogP contribution is -2.38. The fourth-order valence-electron chi connectivity index (χ4n) is 3.37. The van der Waals surface area contributed by atoms with Crippen LogP contribution in [0.15, 0.2) is 36.5 Å². The molecule has 1 unspecified atom stereocenters. The van der Waals surface area contributed by atoms with Gasteiger partial charge in [0.1, 0.15) is 5.69 Å². The van der Waals surface area contributed by atoms with Crippen molar-refractivity contribution < 1.29 is 13.2 Å². The second-order valence-electron chi connectivity index (χ2n) is 6.99. The molecule has 27 heavy (non-hydrogen) atoms. The van der Waals surface area contributed by atoms with Gasteiger partial charge in [-0.1, -0.05) is 25.1 Å². The average molecular weight is 388 g/mol. The summed E-state index contributed by atoms with van der Waals surface area (Å²) in [6, 6.07) is 9.40. The van der Waals surface area contributed by atoms with Crippen molar-refractivity contribution in [2.24, 2.45) is 0 Å². The lowest BCUT2D eigenvalue weighted by molar-refractivity contribution is 0.0742. The number of carbonyl (C=O) groups excluding carboxylic acids is 1. The van der Waals surface area contributed by atoms with Gasteiger partial charge in [-0.3, -0.25) is 4.79 Å². The van der Waals surface area contributed by atoms with Gasteiger partial charge < -0.3 is 10.2 Å². The second-order valence-corrected chi connectivity index (χ2v) is 9.22. The Morgan fingerprint density at radius 1 is 1.30 bits per heavy atom. The van der Waals surface area contributed by atoms with E-state index in [4.69, 9.17) is 0 Å².